The standard InChI is InChI=1S/C13H16FN5O/c14-11-5-1-4-10(12(11)18-15)13(20)16-6-2-8-19-9-3-7-17-19/h1,3-5,7,9,18H,2,6,8,15H2,(H,16,20). The van der Waals surface area contributed by atoms with Crippen molar-refractivity contribution in [2.45, 2.75) is 13.0 Å². The zero-order chi connectivity index (χ0) is 14.4. The number of hydrogen-bond acceptors (Lipinski definition) is 4. The maximum absolute atomic E-state index is 13.5. The molecule has 0 radical (unpaired) electrons. The minimum atomic E-state index is -0.559. The number of amides is 1. The van der Waals surface area contributed by atoms with E-state index in [4.69, 9.17) is 5.84 Å². The number of aromatic nitrogens is 2. The van der Waals surface area contributed by atoms with Crippen LogP contribution < -0.4 is 16.6 Å². The van der Waals surface area contributed by atoms with Gasteiger partial charge in [0.2, 0.25) is 0 Å². The Morgan fingerprint density at radius 2 is 2.25 bits per heavy atom. The molecule has 1 aromatic carbocycles. The van der Waals surface area contributed by atoms with Crippen molar-refractivity contribution in [3.05, 3.63) is 48.0 Å². The number of hydrogen-bond donors (Lipinski definition) is 3. The van der Waals surface area contributed by atoms with E-state index in [1.165, 1.54) is 18.2 Å². The second-order valence-electron chi connectivity index (χ2n) is 4.19. The number of aryl methyl sites for hydroxylation is 1. The summed E-state index contributed by atoms with van der Waals surface area (Å²) in [6.07, 6.45) is 4.28. The van der Waals surface area contributed by atoms with Gasteiger partial charge in [-0.05, 0) is 24.6 Å². The number of para-hydroxylation sites is 1. The highest BCUT2D eigenvalue weighted by atomic mass is 19.1. The molecule has 0 aliphatic carbocycles. The highest BCUT2D eigenvalue weighted by Crippen LogP contribution is 2.18. The summed E-state index contributed by atoms with van der Waals surface area (Å²) in [5.41, 5.74) is 2.39. The van der Waals surface area contributed by atoms with Gasteiger partial charge in [0.15, 0.2) is 0 Å². The molecule has 0 atom stereocenters. The van der Waals surface area contributed by atoms with Crippen molar-refractivity contribution in [3.8, 4) is 0 Å². The molecular formula is C13H16FN5O. The first-order valence-corrected chi connectivity index (χ1v) is 6.23. The number of halogens is 1. The first-order valence-electron chi connectivity index (χ1n) is 6.23. The fourth-order valence-corrected chi connectivity index (χ4v) is 1.83. The Bertz CT molecular complexity index is 570. The van der Waals surface area contributed by atoms with E-state index in [1.54, 1.807) is 10.9 Å². The van der Waals surface area contributed by atoms with Gasteiger partial charge in [0, 0.05) is 25.5 Å². The predicted octanol–water partition coefficient (Wildman–Crippen LogP) is 1.13. The molecule has 106 valence electrons. The predicted molar refractivity (Wildman–Crippen MR) is 73.4 cm³/mol. The minimum Gasteiger partial charge on any atom is -0.352 e. The van der Waals surface area contributed by atoms with E-state index < -0.39 is 5.82 Å². The van der Waals surface area contributed by atoms with E-state index in [2.05, 4.69) is 15.8 Å². The third kappa shape index (κ3) is 3.33. The van der Waals surface area contributed by atoms with E-state index in [-0.39, 0.29) is 17.2 Å². The van der Waals surface area contributed by atoms with Crippen LogP contribution >= 0.6 is 0 Å². The molecule has 0 spiro atoms. The van der Waals surface area contributed by atoms with Crippen LogP contribution in [-0.4, -0.2) is 22.2 Å². The lowest BCUT2D eigenvalue weighted by Crippen LogP contribution is -2.27. The first kappa shape index (κ1) is 14.0. The molecule has 0 saturated carbocycles. The van der Waals surface area contributed by atoms with Crippen LogP contribution in [0.4, 0.5) is 10.1 Å². The molecule has 0 saturated heterocycles. The van der Waals surface area contributed by atoms with Crippen molar-refractivity contribution < 1.29 is 9.18 Å². The van der Waals surface area contributed by atoms with Crippen molar-refractivity contribution in [1.29, 1.82) is 0 Å². The summed E-state index contributed by atoms with van der Waals surface area (Å²) in [5, 5.41) is 6.78. The van der Waals surface area contributed by atoms with Gasteiger partial charge in [0.05, 0.1) is 11.3 Å². The average molecular weight is 277 g/mol. The van der Waals surface area contributed by atoms with E-state index in [0.717, 1.165) is 6.42 Å². The van der Waals surface area contributed by atoms with E-state index in [9.17, 15) is 9.18 Å². The number of nitrogens with two attached hydrogens (primary N) is 1. The van der Waals surface area contributed by atoms with Gasteiger partial charge >= 0.3 is 0 Å². The lowest BCUT2D eigenvalue weighted by molar-refractivity contribution is 0.0953. The Morgan fingerprint density at radius 1 is 1.40 bits per heavy atom. The maximum Gasteiger partial charge on any atom is 0.253 e. The quantitative estimate of drug-likeness (QED) is 0.420. The summed E-state index contributed by atoms with van der Waals surface area (Å²) in [6.45, 7) is 1.18. The van der Waals surface area contributed by atoms with Crippen molar-refractivity contribution in [3.63, 3.8) is 0 Å². The molecule has 2 aromatic rings. The summed E-state index contributed by atoms with van der Waals surface area (Å²) in [4.78, 5) is 11.9. The second-order valence-corrected chi connectivity index (χ2v) is 4.19. The van der Waals surface area contributed by atoms with Crippen LogP contribution in [0.5, 0.6) is 0 Å². The molecule has 0 aliphatic heterocycles. The number of anilines is 1. The van der Waals surface area contributed by atoms with Gasteiger partial charge in [-0.15, -0.1) is 0 Å². The number of carbonyl (C=O) groups excluding carboxylic acids is 1. The van der Waals surface area contributed by atoms with Gasteiger partial charge in [0.25, 0.3) is 5.91 Å². The van der Waals surface area contributed by atoms with Gasteiger partial charge in [-0.2, -0.15) is 5.10 Å². The molecular weight excluding hydrogens is 261 g/mol. The topological polar surface area (TPSA) is 85.0 Å². The van der Waals surface area contributed by atoms with Gasteiger partial charge in [-0.3, -0.25) is 15.3 Å². The number of nitrogens with zero attached hydrogens (tertiary/aromatic N) is 2. The highest BCUT2D eigenvalue weighted by Gasteiger charge is 2.13. The summed E-state index contributed by atoms with van der Waals surface area (Å²) in [5.74, 6) is 4.31. The zero-order valence-electron chi connectivity index (χ0n) is 10.8. The Balaban J connectivity index is 1.87. The van der Waals surface area contributed by atoms with Gasteiger partial charge < -0.3 is 10.7 Å². The third-order valence-corrected chi connectivity index (χ3v) is 2.81. The summed E-state index contributed by atoms with van der Waals surface area (Å²) in [6, 6.07) is 6.06. The summed E-state index contributed by atoms with van der Waals surface area (Å²) >= 11 is 0. The Kier molecular flexibility index (Phi) is 4.67. The Morgan fingerprint density at radius 3 is 2.95 bits per heavy atom. The van der Waals surface area contributed by atoms with Crippen molar-refractivity contribution in [1.82, 2.24) is 15.1 Å². The molecule has 1 amide bonds. The van der Waals surface area contributed by atoms with Crippen LogP contribution in [0.15, 0.2) is 36.7 Å². The van der Waals surface area contributed by atoms with Gasteiger partial charge in [-0.1, -0.05) is 6.07 Å². The lowest BCUT2D eigenvalue weighted by Gasteiger charge is -2.10. The van der Waals surface area contributed by atoms with E-state index >= 15 is 0 Å². The lowest BCUT2D eigenvalue weighted by atomic mass is 10.1. The van der Waals surface area contributed by atoms with Crippen LogP contribution in [0, 0.1) is 5.82 Å². The summed E-state index contributed by atoms with van der Waals surface area (Å²) < 4.78 is 15.2. The van der Waals surface area contributed by atoms with Crippen LogP contribution in [0.1, 0.15) is 16.8 Å². The fourth-order valence-electron chi connectivity index (χ4n) is 1.83. The fraction of sp³-hybridized carbons (Fsp3) is 0.231. The maximum atomic E-state index is 13.5. The SMILES string of the molecule is NNc1c(F)cccc1C(=O)NCCCn1cccn1. The van der Waals surface area contributed by atoms with E-state index in [0.29, 0.717) is 13.1 Å². The van der Waals surface area contributed by atoms with Crippen molar-refractivity contribution in [2.75, 3.05) is 12.0 Å². The molecule has 0 unspecified atom stereocenters. The average Bonchev–Trinajstić information content (AvgIpc) is 2.96. The Labute approximate surface area is 115 Å². The first-order chi connectivity index (χ1) is 9.72. The van der Waals surface area contributed by atoms with Crippen LogP contribution in [0.25, 0.3) is 0 Å². The zero-order valence-corrected chi connectivity index (χ0v) is 10.8. The highest BCUT2D eigenvalue weighted by molar-refractivity contribution is 5.99. The Hall–Kier alpha value is -2.41. The van der Waals surface area contributed by atoms with Crippen molar-refractivity contribution >= 4 is 11.6 Å². The smallest absolute Gasteiger partial charge is 0.253 e. The largest absolute Gasteiger partial charge is 0.352 e. The molecule has 0 aliphatic rings. The molecule has 1 aromatic heterocycles. The van der Waals surface area contributed by atoms with Crippen molar-refractivity contribution in [2.24, 2.45) is 5.84 Å². The second kappa shape index (κ2) is 6.67. The molecule has 4 N–H and O–H groups in total. The number of carbonyl (C=O) groups is 1. The van der Waals surface area contributed by atoms with Crippen LogP contribution in [0.2, 0.25) is 0 Å². The van der Waals surface area contributed by atoms with Crippen LogP contribution in [-0.2, 0) is 6.54 Å². The molecule has 0 bridgehead atoms. The normalized spacial score (nSPS) is 10.3. The monoisotopic (exact) mass is 277 g/mol. The molecule has 0 fully saturated rings. The van der Waals surface area contributed by atoms with E-state index in [1.807, 2.05) is 12.3 Å². The molecule has 6 nitrogen and oxygen atoms in total. The third-order valence-electron chi connectivity index (χ3n) is 2.81. The number of benzene rings is 1. The summed E-state index contributed by atoms with van der Waals surface area (Å²) in [7, 11) is 0. The van der Waals surface area contributed by atoms with Gasteiger partial charge in [-0.25, -0.2) is 4.39 Å². The number of nitrogens with one attached hydrogen (secondary N) is 2. The number of nitrogen functional groups attached to an aromatic ring is 1. The minimum absolute atomic E-state index is 0.00271. The van der Waals surface area contributed by atoms with Gasteiger partial charge in [0.1, 0.15) is 5.82 Å². The number of rotatable bonds is 6. The molecule has 2 rings (SSSR count). The number of hydrazine groups is 1. The molecule has 7 heteroatoms. The molecule has 20 heavy (non-hydrogen) atoms. The van der Waals surface area contributed by atoms with Crippen LogP contribution in [0.3, 0.4) is 0 Å². The molecule has 1 heterocycles.